The van der Waals surface area contributed by atoms with Crippen LogP contribution in [0.4, 0.5) is 4.79 Å². The van der Waals surface area contributed by atoms with Crippen LogP contribution in [0.5, 0.6) is 0 Å². The van der Waals surface area contributed by atoms with Crippen molar-refractivity contribution in [2.24, 2.45) is 0 Å². The van der Waals surface area contributed by atoms with Gasteiger partial charge in [0, 0.05) is 4.90 Å². The normalized spacial score (nSPS) is 11.1. The molecule has 0 heterocycles. The van der Waals surface area contributed by atoms with Crippen LogP contribution in [0.1, 0.15) is 20.8 Å². The van der Waals surface area contributed by atoms with Crippen molar-refractivity contribution in [3.8, 4) is 0 Å². The molecule has 0 N–H and O–H groups in total. The summed E-state index contributed by atoms with van der Waals surface area (Å²) in [6.07, 6.45) is 0. The summed E-state index contributed by atoms with van der Waals surface area (Å²) >= 11 is 1.11. The molecule has 0 aliphatic rings. The van der Waals surface area contributed by atoms with Crippen LogP contribution in [0.25, 0.3) is 0 Å². The second-order valence-corrected chi connectivity index (χ2v) is 4.89. The van der Waals surface area contributed by atoms with Crippen molar-refractivity contribution >= 4 is 17.1 Å². The van der Waals surface area contributed by atoms with E-state index in [1.54, 1.807) is 0 Å². The van der Waals surface area contributed by atoms with Gasteiger partial charge >= 0.3 is 5.30 Å². The fourth-order valence-electron chi connectivity index (χ4n) is 0.856. The first-order valence-corrected chi connectivity index (χ1v) is 5.25. The van der Waals surface area contributed by atoms with Gasteiger partial charge in [-0.2, -0.15) is 0 Å². The average molecular weight is 210 g/mol. The van der Waals surface area contributed by atoms with Gasteiger partial charge in [-0.3, -0.25) is 0 Å². The summed E-state index contributed by atoms with van der Waals surface area (Å²) < 4.78 is 5.17. The predicted octanol–water partition coefficient (Wildman–Crippen LogP) is 3.71. The van der Waals surface area contributed by atoms with E-state index >= 15 is 0 Å². The molecule has 1 aromatic carbocycles. The molecule has 1 aromatic rings. The maximum atomic E-state index is 11.4. The van der Waals surface area contributed by atoms with Crippen molar-refractivity contribution in [1.29, 1.82) is 0 Å². The van der Waals surface area contributed by atoms with E-state index in [1.807, 2.05) is 51.1 Å². The molecule has 0 spiro atoms. The Hall–Kier alpha value is -0.960. The molecular weight excluding hydrogens is 196 g/mol. The largest absolute Gasteiger partial charge is 0.452 e. The highest BCUT2D eigenvalue weighted by molar-refractivity contribution is 8.13. The molecule has 3 heteroatoms. The van der Waals surface area contributed by atoms with E-state index < -0.39 is 5.60 Å². The molecule has 1 rings (SSSR count). The zero-order valence-corrected chi connectivity index (χ0v) is 9.43. The second-order valence-electron chi connectivity index (χ2n) is 3.88. The van der Waals surface area contributed by atoms with Gasteiger partial charge in [0.2, 0.25) is 0 Å². The Morgan fingerprint density at radius 3 is 2.29 bits per heavy atom. The van der Waals surface area contributed by atoms with Crippen LogP contribution in [0, 0.1) is 0 Å². The molecule has 0 radical (unpaired) electrons. The van der Waals surface area contributed by atoms with Crippen molar-refractivity contribution in [3.05, 3.63) is 30.3 Å². The maximum Gasteiger partial charge on any atom is 0.372 e. The molecule has 0 fully saturated rings. The second kappa shape index (κ2) is 4.51. The first-order valence-electron chi connectivity index (χ1n) is 4.43. The van der Waals surface area contributed by atoms with Crippen LogP contribution in [0.3, 0.4) is 0 Å². The molecule has 76 valence electrons. The lowest BCUT2D eigenvalue weighted by Gasteiger charge is -2.18. The number of carbonyl (C=O) groups is 1. The molecule has 0 bridgehead atoms. The van der Waals surface area contributed by atoms with Gasteiger partial charge in [-0.05, 0) is 44.7 Å². The number of rotatable bonds is 1. The van der Waals surface area contributed by atoms with Crippen LogP contribution in [0.2, 0.25) is 0 Å². The van der Waals surface area contributed by atoms with Crippen LogP contribution in [-0.4, -0.2) is 10.9 Å². The number of carbonyl (C=O) groups excluding carboxylic acids is 1. The molecular formula is C11H14O2S. The SMILES string of the molecule is CC(C)(C)OC(=O)Sc1ccccc1. The Balaban J connectivity index is 2.50. The minimum absolute atomic E-state index is 0.260. The summed E-state index contributed by atoms with van der Waals surface area (Å²) in [6.45, 7) is 5.57. The fourth-order valence-corrected chi connectivity index (χ4v) is 1.63. The van der Waals surface area contributed by atoms with Crippen molar-refractivity contribution in [2.75, 3.05) is 0 Å². The fraction of sp³-hybridized carbons (Fsp3) is 0.364. The van der Waals surface area contributed by atoms with Crippen molar-refractivity contribution < 1.29 is 9.53 Å². The molecule has 0 atom stereocenters. The van der Waals surface area contributed by atoms with Crippen LogP contribution in [0.15, 0.2) is 35.2 Å². The topological polar surface area (TPSA) is 26.3 Å². The van der Waals surface area contributed by atoms with Crippen LogP contribution >= 0.6 is 11.8 Å². The monoisotopic (exact) mass is 210 g/mol. The van der Waals surface area contributed by atoms with Gasteiger partial charge in [0.15, 0.2) is 0 Å². The Morgan fingerprint density at radius 2 is 1.79 bits per heavy atom. The molecule has 2 nitrogen and oxygen atoms in total. The predicted molar refractivity (Wildman–Crippen MR) is 58.5 cm³/mol. The van der Waals surface area contributed by atoms with E-state index in [4.69, 9.17) is 4.74 Å². The molecule has 0 aliphatic carbocycles. The Bertz CT molecular complexity index is 301. The Kier molecular flexibility index (Phi) is 3.58. The quantitative estimate of drug-likeness (QED) is 0.522. The summed E-state index contributed by atoms with van der Waals surface area (Å²) in [6, 6.07) is 9.47. The lowest BCUT2D eigenvalue weighted by atomic mass is 10.2. The van der Waals surface area contributed by atoms with E-state index in [1.165, 1.54) is 0 Å². The van der Waals surface area contributed by atoms with E-state index in [9.17, 15) is 4.79 Å². The summed E-state index contributed by atoms with van der Waals surface area (Å²) in [4.78, 5) is 12.3. The molecule has 0 aliphatic heterocycles. The third-order valence-electron chi connectivity index (χ3n) is 1.33. The number of thioether (sulfide) groups is 1. The van der Waals surface area contributed by atoms with Gasteiger partial charge in [0.05, 0.1) is 0 Å². The van der Waals surface area contributed by atoms with Gasteiger partial charge in [-0.25, -0.2) is 4.79 Å². The summed E-state index contributed by atoms with van der Waals surface area (Å²) in [5.41, 5.74) is -0.418. The lowest BCUT2D eigenvalue weighted by Crippen LogP contribution is -2.21. The smallest absolute Gasteiger partial charge is 0.372 e. The Morgan fingerprint density at radius 1 is 1.21 bits per heavy atom. The molecule has 0 saturated carbocycles. The third kappa shape index (κ3) is 4.33. The van der Waals surface area contributed by atoms with Crippen LogP contribution in [-0.2, 0) is 4.74 Å². The van der Waals surface area contributed by atoms with E-state index in [2.05, 4.69) is 0 Å². The van der Waals surface area contributed by atoms with Gasteiger partial charge in [0.25, 0.3) is 0 Å². The first kappa shape index (κ1) is 11.1. The molecule has 0 aromatic heterocycles. The van der Waals surface area contributed by atoms with E-state index in [0.717, 1.165) is 16.7 Å². The maximum absolute atomic E-state index is 11.4. The summed E-state index contributed by atoms with van der Waals surface area (Å²) in [5.74, 6) is 0. The van der Waals surface area contributed by atoms with E-state index in [-0.39, 0.29) is 5.30 Å². The number of hydrogen-bond donors (Lipinski definition) is 0. The number of benzene rings is 1. The van der Waals surface area contributed by atoms with Crippen molar-refractivity contribution in [1.82, 2.24) is 0 Å². The standard InChI is InChI=1S/C11H14O2S/c1-11(2,3)13-10(12)14-9-7-5-4-6-8-9/h4-8H,1-3H3. The van der Waals surface area contributed by atoms with Crippen molar-refractivity contribution in [2.45, 2.75) is 31.3 Å². The third-order valence-corrected chi connectivity index (χ3v) is 2.09. The zero-order chi connectivity index (χ0) is 10.6. The molecule has 0 saturated heterocycles. The minimum Gasteiger partial charge on any atom is -0.452 e. The van der Waals surface area contributed by atoms with Crippen LogP contribution < -0.4 is 0 Å². The van der Waals surface area contributed by atoms with Crippen molar-refractivity contribution in [3.63, 3.8) is 0 Å². The van der Waals surface area contributed by atoms with Gasteiger partial charge in [-0.1, -0.05) is 18.2 Å². The average Bonchev–Trinajstić information content (AvgIpc) is 2.02. The highest BCUT2D eigenvalue weighted by Gasteiger charge is 2.16. The molecule has 0 unspecified atom stereocenters. The highest BCUT2D eigenvalue weighted by Crippen LogP contribution is 2.22. The summed E-state index contributed by atoms with van der Waals surface area (Å²) in [5, 5.41) is -0.260. The molecule has 14 heavy (non-hydrogen) atoms. The number of hydrogen-bond acceptors (Lipinski definition) is 3. The van der Waals surface area contributed by atoms with E-state index in [0.29, 0.717) is 0 Å². The zero-order valence-electron chi connectivity index (χ0n) is 8.61. The Labute approximate surface area is 88.7 Å². The minimum atomic E-state index is -0.418. The first-order chi connectivity index (χ1) is 6.47. The molecule has 0 amide bonds. The lowest BCUT2D eigenvalue weighted by molar-refractivity contribution is 0.0738. The van der Waals surface area contributed by atoms with Gasteiger partial charge in [0.1, 0.15) is 5.60 Å². The van der Waals surface area contributed by atoms with Gasteiger partial charge < -0.3 is 4.74 Å². The van der Waals surface area contributed by atoms with Gasteiger partial charge in [-0.15, -0.1) is 0 Å². The summed E-state index contributed by atoms with van der Waals surface area (Å²) in [7, 11) is 0. The number of ether oxygens (including phenoxy) is 1. The highest BCUT2D eigenvalue weighted by atomic mass is 32.2.